The van der Waals surface area contributed by atoms with Gasteiger partial charge in [-0.2, -0.15) is 0 Å². The zero-order chi connectivity index (χ0) is 9.12. The molecule has 3 N–H and O–H groups in total. The molecule has 0 aromatic heterocycles. The summed E-state index contributed by atoms with van der Waals surface area (Å²) in [4.78, 5) is 9.26. The Morgan fingerprint density at radius 3 is 2.27 bits per heavy atom. The summed E-state index contributed by atoms with van der Waals surface area (Å²) in [5.41, 5.74) is 5.12. The van der Waals surface area contributed by atoms with Crippen LogP contribution in [0.15, 0.2) is 0 Å². The quantitative estimate of drug-likeness (QED) is 0.635. The van der Waals surface area contributed by atoms with Crippen LogP contribution in [-0.2, 0) is 9.09 Å². The van der Waals surface area contributed by atoms with Crippen LogP contribution >= 0.6 is 7.60 Å². The van der Waals surface area contributed by atoms with Gasteiger partial charge in [-0.25, -0.2) is 0 Å². The monoisotopic (exact) mass is 181 g/mol. The average Bonchev–Trinajstić information content (AvgIpc) is 1.81. The maximum atomic E-state index is 11.3. The van der Waals surface area contributed by atoms with Crippen molar-refractivity contribution in [1.82, 2.24) is 0 Å². The Morgan fingerprint density at radius 1 is 1.55 bits per heavy atom. The topological polar surface area (TPSA) is 72.5 Å². The fourth-order valence-electron chi connectivity index (χ4n) is 0.370. The molecule has 5 heteroatoms. The van der Waals surface area contributed by atoms with Crippen LogP contribution in [0.25, 0.3) is 0 Å². The second kappa shape index (κ2) is 3.68. The summed E-state index contributed by atoms with van der Waals surface area (Å²) in [5, 5.41) is -0.720. The summed E-state index contributed by atoms with van der Waals surface area (Å²) >= 11 is 0. The zero-order valence-electron chi connectivity index (χ0n) is 7.20. The third-order valence-corrected chi connectivity index (χ3v) is 3.46. The highest BCUT2D eigenvalue weighted by Gasteiger charge is 2.35. The molecule has 0 saturated carbocycles. The molecule has 68 valence electrons. The SMILES string of the molecule is CC(C)(C)P(=O)(O)OCCN. The van der Waals surface area contributed by atoms with Gasteiger partial charge >= 0.3 is 7.60 Å². The lowest BCUT2D eigenvalue weighted by Gasteiger charge is -2.24. The number of hydrogen-bond donors (Lipinski definition) is 2. The molecule has 0 aliphatic heterocycles. The molecule has 11 heavy (non-hydrogen) atoms. The Morgan fingerprint density at radius 2 is 2.00 bits per heavy atom. The molecule has 0 aromatic rings. The highest BCUT2D eigenvalue weighted by atomic mass is 31.2. The molecule has 0 spiro atoms. The second-order valence-electron chi connectivity index (χ2n) is 3.31. The van der Waals surface area contributed by atoms with Crippen LogP contribution in [0, 0.1) is 0 Å². The van der Waals surface area contributed by atoms with Gasteiger partial charge in [-0.1, -0.05) is 0 Å². The smallest absolute Gasteiger partial charge is 0.328 e. The summed E-state index contributed by atoms with van der Waals surface area (Å²) in [6.07, 6.45) is 0. The summed E-state index contributed by atoms with van der Waals surface area (Å²) in [6, 6.07) is 0. The van der Waals surface area contributed by atoms with E-state index in [1.54, 1.807) is 20.8 Å². The molecular weight excluding hydrogens is 165 g/mol. The van der Waals surface area contributed by atoms with Crippen molar-refractivity contribution >= 4 is 7.60 Å². The molecule has 0 aromatic carbocycles. The van der Waals surface area contributed by atoms with E-state index >= 15 is 0 Å². The lowest BCUT2D eigenvalue weighted by molar-refractivity contribution is 0.248. The third-order valence-electron chi connectivity index (χ3n) is 1.23. The van der Waals surface area contributed by atoms with E-state index in [2.05, 4.69) is 0 Å². The van der Waals surface area contributed by atoms with Gasteiger partial charge < -0.3 is 15.2 Å². The van der Waals surface area contributed by atoms with Crippen molar-refractivity contribution in [2.24, 2.45) is 5.73 Å². The third kappa shape index (κ3) is 3.34. The first-order valence-corrected chi connectivity index (χ1v) is 5.06. The molecule has 0 aliphatic rings. The summed E-state index contributed by atoms with van der Waals surface area (Å²) in [6.45, 7) is 5.37. The van der Waals surface area contributed by atoms with Crippen molar-refractivity contribution in [2.45, 2.75) is 25.9 Å². The van der Waals surface area contributed by atoms with E-state index < -0.39 is 12.8 Å². The molecule has 0 heterocycles. The molecule has 0 radical (unpaired) electrons. The van der Waals surface area contributed by atoms with E-state index in [9.17, 15) is 9.46 Å². The molecule has 0 aliphatic carbocycles. The molecule has 0 rings (SSSR count). The van der Waals surface area contributed by atoms with Gasteiger partial charge in [-0.15, -0.1) is 0 Å². The van der Waals surface area contributed by atoms with Crippen molar-refractivity contribution in [3.05, 3.63) is 0 Å². The van der Waals surface area contributed by atoms with Gasteiger partial charge in [-0.3, -0.25) is 4.57 Å². The first-order valence-electron chi connectivity index (χ1n) is 3.49. The van der Waals surface area contributed by atoms with Crippen LogP contribution < -0.4 is 5.73 Å². The van der Waals surface area contributed by atoms with Gasteiger partial charge in [0.05, 0.1) is 11.8 Å². The van der Waals surface area contributed by atoms with Gasteiger partial charge in [0.1, 0.15) is 0 Å². The van der Waals surface area contributed by atoms with Gasteiger partial charge in [0.15, 0.2) is 0 Å². The minimum absolute atomic E-state index is 0.130. The Labute approximate surface area is 67.3 Å². The summed E-state index contributed by atoms with van der Waals surface area (Å²) < 4.78 is 16.0. The van der Waals surface area contributed by atoms with E-state index in [4.69, 9.17) is 10.3 Å². The maximum absolute atomic E-state index is 11.3. The largest absolute Gasteiger partial charge is 0.333 e. The zero-order valence-corrected chi connectivity index (χ0v) is 8.10. The van der Waals surface area contributed by atoms with E-state index in [1.165, 1.54) is 0 Å². The number of rotatable bonds is 3. The molecule has 1 atom stereocenters. The van der Waals surface area contributed by atoms with Crippen molar-refractivity contribution < 1.29 is 14.0 Å². The van der Waals surface area contributed by atoms with Crippen molar-refractivity contribution in [3.8, 4) is 0 Å². The average molecular weight is 181 g/mol. The lowest BCUT2D eigenvalue weighted by atomic mass is 10.3. The van der Waals surface area contributed by atoms with Crippen LogP contribution in [0.1, 0.15) is 20.8 Å². The van der Waals surface area contributed by atoms with Crippen molar-refractivity contribution in [2.75, 3.05) is 13.2 Å². The van der Waals surface area contributed by atoms with Gasteiger partial charge in [0.2, 0.25) is 0 Å². The molecule has 0 amide bonds. The Kier molecular flexibility index (Phi) is 3.71. The van der Waals surface area contributed by atoms with Crippen molar-refractivity contribution in [3.63, 3.8) is 0 Å². The highest BCUT2D eigenvalue weighted by molar-refractivity contribution is 7.54. The van der Waals surface area contributed by atoms with Gasteiger partial charge in [-0.05, 0) is 20.8 Å². The van der Waals surface area contributed by atoms with Crippen LogP contribution in [-0.4, -0.2) is 23.2 Å². The van der Waals surface area contributed by atoms with Gasteiger partial charge in [0, 0.05) is 6.54 Å². The lowest BCUT2D eigenvalue weighted by Crippen LogP contribution is -2.18. The number of nitrogens with two attached hydrogens (primary N) is 1. The fraction of sp³-hybridized carbons (Fsp3) is 1.00. The standard InChI is InChI=1S/C6H16NO3P/c1-6(2,3)11(8,9)10-5-4-7/h4-5,7H2,1-3H3,(H,8,9). The van der Waals surface area contributed by atoms with Gasteiger partial charge in [0.25, 0.3) is 0 Å². The minimum atomic E-state index is -3.47. The highest BCUT2D eigenvalue weighted by Crippen LogP contribution is 2.54. The molecule has 0 bridgehead atoms. The fourth-order valence-corrected chi connectivity index (χ4v) is 1.11. The Balaban J connectivity index is 4.12. The Bertz CT molecular complexity index is 164. The predicted octanol–water partition coefficient (Wildman–Crippen LogP) is 0.946. The first kappa shape index (κ1) is 11.1. The van der Waals surface area contributed by atoms with Crippen LogP contribution in [0.3, 0.4) is 0 Å². The predicted molar refractivity (Wildman–Crippen MR) is 44.6 cm³/mol. The van der Waals surface area contributed by atoms with Crippen LogP contribution in [0.2, 0.25) is 0 Å². The van der Waals surface area contributed by atoms with E-state index in [1.807, 2.05) is 0 Å². The molecule has 0 saturated heterocycles. The molecule has 0 fully saturated rings. The number of hydrogen-bond acceptors (Lipinski definition) is 3. The maximum Gasteiger partial charge on any atom is 0.333 e. The Hall–Kier alpha value is 0.110. The minimum Gasteiger partial charge on any atom is -0.328 e. The van der Waals surface area contributed by atoms with Crippen molar-refractivity contribution in [1.29, 1.82) is 0 Å². The van der Waals surface area contributed by atoms with E-state index in [0.29, 0.717) is 0 Å². The normalized spacial score (nSPS) is 17.9. The van der Waals surface area contributed by atoms with Crippen LogP contribution in [0.5, 0.6) is 0 Å². The van der Waals surface area contributed by atoms with Crippen LogP contribution in [0.4, 0.5) is 0 Å². The van der Waals surface area contributed by atoms with E-state index in [0.717, 1.165) is 0 Å². The van der Waals surface area contributed by atoms with E-state index in [-0.39, 0.29) is 13.2 Å². The molecule has 4 nitrogen and oxygen atoms in total. The summed E-state index contributed by atoms with van der Waals surface area (Å²) in [5.74, 6) is 0. The molecule has 1 unspecified atom stereocenters. The molecular formula is C6H16NO3P. The summed E-state index contributed by atoms with van der Waals surface area (Å²) in [7, 11) is -3.47. The second-order valence-corrected chi connectivity index (χ2v) is 5.95. The first-order chi connectivity index (χ1) is 4.81.